The summed E-state index contributed by atoms with van der Waals surface area (Å²) in [6, 6.07) is 3.98. The van der Waals surface area contributed by atoms with E-state index in [0.717, 1.165) is 12.2 Å². The topological polar surface area (TPSA) is 38.2 Å². The molecule has 0 amide bonds. The van der Waals surface area contributed by atoms with Crippen LogP contribution >= 0.6 is 11.6 Å². The van der Waals surface area contributed by atoms with Gasteiger partial charge in [-0.15, -0.1) is 5.10 Å². The van der Waals surface area contributed by atoms with Crippen LogP contribution in [0.2, 0.25) is 5.15 Å². The van der Waals surface area contributed by atoms with Crippen LogP contribution < -0.4 is 0 Å². The number of hydrogen-bond acceptors (Lipinski definition) is 4. The Labute approximate surface area is 95.2 Å². The highest BCUT2D eigenvalue weighted by Crippen LogP contribution is 2.06. The summed E-state index contributed by atoms with van der Waals surface area (Å²) in [5.41, 5.74) is 0.907. The van der Waals surface area contributed by atoms with Gasteiger partial charge in [-0.1, -0.05) is 11.6 Å². The molecule has 0 radical (unpaired) electrons. The Balaban J connectivity index is 2.50. The van der Waals surface area contributed by atoms with E-state index in [-0.39, 0.29) is 0 Å². The third kappa shape index (κ3) is 4.11. The van der Waals surface area contributed by atoms with Crippen LogP contribution in [0.1, 0.15) is 12.6 Å². The second-order valence-corrected chi connectivity index (χ2v) is 3.95. The predicted molar refractivity (Wildman–Crippen MR) is 59.8 cm³/mol. The summed E-state index contributed by atoms with van der Waals surface area (Å²) in [4.78, 5) is 2.15. The fraction of sp³-hybridized carbons (Fsp3) is 0.600. The minimum absolute atomic E-state index is 0.354. The van der Waals surface area contributed by atoms with E-state index in [1.807, 2.05) is 13.1 Å². The summed E-state index contributed by atoms with van der Waals surface area (Å²) in [7, 11) is 3.73. The van der Waals surface area contributed by atoms with Crippen molar-refractivity contribution in [1.29, 1.82) is 0 Å². The monoisotopic (exact) mass is 229 g/mol. The van der Waals surface area contributed by atoms with Crippen molar-refractivity contribution in [3.05, 3.63) is 23.0 Å². The second-order valence-electron chi connectivity index (χ2n) is 3.57. The number of rotatable bonds is 5. The van der Waals surface area contributed by atoms with Crippen LogP contribution in [0.25, 0.3) is 0 Å². The Kier molecular flexibility index (Phi) is 4.94. The number of hydrogen-bond donors (Lipinski definition) is 0. The first kappa shape index (κ1) is 12.4. The Morgan fingerprint density at radius 1 is 1.47 bits per heavy atom. The standard InChI is InChI=1S/C10H16ClN3O/c1-8(7-15-3)14(2)6-9-4-5-10(11)13-12-9/h4-5,8H,6-7H2,1-3H3. The van der Waals surface area contributed by atoms with Gasteiger partial charge in [0.25, 0.3) is 0 Å². The van der Waals surface area contributed by atoms with Gasteiger partial charge in [-0.2, -0.15) is 5.10 Å². The third-order valence-corrected chi connectivity index (χ3v) is 2.46. The van der Waals surface area contributed by atoms with Crippen molar-refractivity contribution in [1.82, 2.24) is 15.1 Å². The molecule has 0 saturated carbocycles. The van der Waals surface area contributed by atoms with Gasteiger partial charge in [0.2, 0.25) is 0 Å². The van der Waals surface area contributed by atoms with Gasteiger partial charge in [0, 0.05) is 19.7 Å². The van der Waals surface area contributed by atoms with E-state index in [4.69, 9.17) is 16.3 Å². The van der Waals surface area contributed by atoms with Gasteiger partial charge in [-0.05, 0) is 26.1 Å². The van der Waals surface area contributed by atoms with Gasteiger partial charge in [0.15, 0.2) is 5.15 Å². The first-order valence-electron chi connectivity index (χ1n) is 4.80. The molecular formula is C10H16ClN3O. The van der Waals surface area contributed by atoms with Crippen molar-refractivity contribution < 1.29 is 4.74 Å². The zero-order valence-electron chi connectivity index (χ0n) is 9.27. The van der Waals surface area contributed by atoms with E-state index in [1.165, 1.54) is 0 Å². The molecule has 0 saturated heterocycles. The molecule has 1 aromatic rings. The molecule has 4 nitrogen and oxygen atoms in total. The Morgan fingerprint density at radius 2 is 2.20 bits per heavy atom. The Bertz CT molecular complexity index is 291. The quantitative estimate of drug-likeness (QED) is 0.769. The predicted octanol–water partition coefficient (Wildman–Crippen LogP) is 1.60. The van der Waals surface area contributed by atoms with Crippen LogP contribution in [0.15, 0.2) is 12.1 Å². The summed E-state index contributed by atoms with van der Waals surface area (Å²) in [5, 5.41) is 8.21. The molecule has 0 spiro atoms. The zero-order valence-corrected chi connectivity index (χ0v) is 10.0. The minimum Gasteiger partial charge on any atom is -0.383 e. The van der Waals surface area contributed by atoms with Crippen molar-refractivity contribution in [2.45, 2.75) is 19.5 Å². The van der Waals surface area contributed by atoms with Crippen LogP contribution in [0.5, 0.6) is 0 Å². The Hall–Kier alpha value is -0.710. The number of likely N-dealkylation sites (N-methyl/N-ethyl adjacent to an activating group) is 1. The molecule has 1 rings (SSSR count). The average molecular weight is 230 g/mol. The first-order chi connectivity index (χ1) is 7.13. The molecule has 0 aliphatic rings. The molecule has 5 heteroatoms. The highest BCUT2D eigenvalue weighted by Gasteiger charge is 2.09. The lowest BCUT2D eigenvalue weighted by Crippen LogP contribution is -2.32. The maximum absolute atomic E-state index is 5.65. The zero-order chi connectivity index (χ0) is 11.3. The fourth-order valence-corrected chi connectivity index (χ4v) is 1.31. The molecule has 0 aliphatic heterocycles. The summed E-state index contributed by atoms with van der Waals surface area (Å²) < 4.78 is 5.08. The van der Waals surface area contributed by atoms with Gasteiger partial charge >= 0.3 is 0 Å². The van der Waals surface area contributed by atoms with E-state index in [9.17, 15) is 0 Å². The fourth-order valence-electron chi connectivity index (χ4n) is 1.21. The number of ether oxygens (including phenoxy) is 1. The van der Waals surface area contributed by atoms with Gasteiger partial charge < -0.3 is 4.74 Å². The second kappa shape index (κ2) is 6.00. The lowest BCUT2D eigenvalue weighted by atomic mass is 10.3. The molecular weight excluding hydrogens is 214 g/mol. The largest absolute Gasteiger partial charge is 0.383 e. The molecule has 84 valence electrons. The Morgan fingerprint density at radius 3 is 2.73 bits per heavy atom. The smallest absolute Gasteiger partial charge is 0.151 e. The molecule has 0 aliphatic carbocycles. The number of methoxy groups -OCH3 is 1. The maximum Gasteiger partial charge on any atom is 0.151 e. The SMILES string of the molecule is COCC(C)N(C)Cc1ccc(Cl)nn1. The number of halogens is 1. The third-order valence-electron chi connectivity index (χ3n) is 2.26. The van der Waals surface area contributed by atoms with Crippen molar-refractivity contribution in [3.8, 4) is 0 Å². The van der Waals surface area contributed by atoms with Gasteiger partial charge in [-0.25, -0.2) is 0 Å². The van der Waals surface area contributed by atoms with Gasteiger partial charge in [0.1, 0.15) is 0 Å². The van der Waals surface area contributed by atoms with Gasteiger partial charge in [0.05, 0.1) is 12.3 Å². The van der Waals surface area contributed by atoms with Crippen molar-refractivity contribution in [2.75, 3.05) is 20.8 Å². The van der Waals surface area contributed by atoms with Crippen LogP contribution in [0, 0.1) is 0 Å². The van der Waals surface area contributed by atoms with Crippen LogP contribution in [-0.2, 0) is 11.3 Å². The van der Waals surface area contributed by atoms with Crippen molar-refractivity contribution in [2.24, 2.45) is 0 Å². The molecule has 1 unspecified atom stereocenters. The van der Waals surface area contributed by atoms with Crippen LogP contribution in [-0.4, -0.2) is 41.9 Å². The maximum atomic E-state index is 5.65. The van der Waals surface area contributed by atoms with Crippen LogP contribution in [0.4, 0.5) is 0 Å². The molecule has 1 heterocycles. The summed E-state index contributed by atoms with van der Waals surface area (Å²) >= 11 is 5.65. The molecule has 0 aromatic carbocycles. The summed E-state index contributed by atoms with van der Waals surface area (Å²) in [5.74, 6) is 0. The molecule has 0 N–H and O–H groups in total. The molecule has 1 atom stereocenters. The van der Waals surface area contributed by atoms with Crippen molar-refractivity contribution in [3.63, 3.8) is 0 Å². The van der Waals surface area contributed by atoms with E-state index in [2.05, 4.69) is 22.0 Å². The minimum atomic E-state index is 0.354. The van der Waals surface area contributed by atoms with Gasteiger partial charge in [-0.3, -0.25) is 4.90 Å². The summed E-state index contributed by atoms with van der Waals surface area (Å²) in [6.45, 7) is 3.55. The average Bonchev–Trinajstić information content (AvgIpc) is 2.22. The number of aromatic nitrogens is 2. The van der Waals surface area contributed by atoms with E-state index < -0.39 is 0 Å². The molecule has 15 heavy (non-hydrogen) atoms. The highest BCUT2D eigenvalue weighted by molar-refractivity contribution is 6.29. The lowest BCUT2D eigenvalue weighted by Gasteiger charge is -2.23. The number of nitrogens with zero attached hydrogens (tertiary/aromatic N) is 3. The molecule has 1 aromatic heterocycles. The van der Waals surface area contributed by atoms with E-state index >= 15 is 0 Å². The van der Waals surface area contributed by atoms with Crippen molar-refractivity contribution >= 4 is 11.6 Å². The summed E-state index contributed by atoms with van der Waals surface area (Å²) in [6.07, 6.45) is 0. The molecule has 0 bridgehead atoms. The highest BCUT2D eigenvalue weighted by atomic mass is 35.5. The first-order valence-corrected chi connectivity index (χ1v) is 5.18. The van der Waals surface area contributed by atoms with E-state index in [0.29, 0.717) is 17.8 Å². The van der Waals surface area contributed by atoms with Crippen LogP contribution in [0.3, 0.4) is 0 Å². The lowest BCUT2D eigenvalue weighted by molar-refractivity contribution is 0.111. The van der Waals surface area contributed by atoms with E-state index in [1.54, 1.807) is 13.2 Å². The normalized spacial score (nSPS) is 13.1. The molecule has 0 fully saturated rings.